The first-order valence-corrected chi connectivity index (χ1v) is 6.19. The second kappa shape index (κ2) is 6.08. The fraction of sp³-hybridized carbons (Fsp3) is 0.462. The first-order valence-electron chi connectivity index (χ1n) is 6.19. The molecule has 0 radical (unpaired) electrons. The molecule has 0 aromatic heterocycles. The van der Waals surface area contributed by atoms with Gasteiger partial charge in [-0.05, 0) is 37.4 Å². The van der Waals surface area contributed by atoms with E-state index in [0.29, 0.717) is 12.5 Å². The van der Waals surface area contributed by atoms with Crippen molar-refractivity contribution in [3.8, 4) is 0 Å². The highest BCUT2D eigenvalue weighted by Gasteiger charge is 2.26. The molecule has 0 saturated heterocycles. The summed E-state index contributed by atoms with van der Waals surface area (Å²) in [6.45, 7) is 0.602. The van der Waals surface area contributed by atoms with Crippen LogP contribution in [0.2, 0.25) is 0 Å². The summed E-state index contributed by atoms with van der Waals surface area (Å²) < 4.78 is 26.5. The number of carbonyl (C=O) groups is 1. The zero-order chi connectivity index (χ0) is 13.8. The lowest BCUT2D eigenvalue weighted by molar-refractivity contribution is -0.115. The normalized spacial score (nSPS) is 21.8. The fourth-order valence-electron chi connectivity index (χ4n) is 2.06. The van der Waals surface area contributed by atoms with Gasteiger partial charge in [-0.1, -0.05) is 6.07 Å². The minimum atomic E-state index is -0.796. The predicted molar refractivity (Wildman–Crippen MR) is 66.6 cm³/mol. The number of benzene rings is 1. The van der Waals surface area contributed by atoms with Gasteiger partial charge in [0.25, 0.3) is 0 Å². The summed E-state index contributed by atoms with van der Waals surface area (Å²) in [7, 11) is 0. The van der Waals surface area contributed by atoms with Crippen LogP contribution in [-0.2, 0) is 4.79 Å². The third-order valence-corrected chi connectivity index (χ3v) is 3.16. The molecule has 3 N–H and O–H groups in total. The van der Waals surface area contributed by atoms with Crippen molar-refractivity contribution in [3.63, 3.8) is 0 Å². The lowest BCUT2D eigenvalue weighted by Crippen LogP contribution is -2.39. The van der Waals surface area contributed by atoms with Crippen LogP contribution in [0.15, 0.2) is 18.2 Å². The Morgan fingerprint density at radius 3 is 2.53 bits per heavy atom. The molecule has 1 aromatic carbocycles. The molecule has 4 nitrogen and oxygen atoms in total. The van der Waals surface area contributed by atoms with Crippen LogP contribution in [0, 0.1) is 17.6 Å². The molecule has 0 spiro atoms. The van der Waals surface area contributed by atoms with E-state index in [1.165, 1.54) is 6.07 Å². The molecule has 1 aliphatic carbocycles. The first kappa shape index (κ1) is 13.9. The highest BCUT2D eigenvalue weighted by Crippen LogP contribution is 2.26. The Kier molecular flexibility index (Phi) is 4.44. The van der Waals surface area contributed by atoms with E-state index >= 15 is 0 Å². The molecule has 1 saturated carbocycles. The van der Waals surface area contributed by atoms with E-state index in [9.17, 15) is 13.6 Å². The molecular formula is C13H16F2N2O2. The van der Waals surface area contributed by atoms with E-state index in [4.69, 9.17) is 5.11 Å². The van der Waals surface area contributed by atoms with Crippen molar-refractivity contribution < 1.29 is 18.7 Å². The van der Waals surface area contributed by atoms with Crippen LogP contribution in [0.25, 0.3) is 0 Å². The van der Waals surface area contributed by atoms with Crippen molar-refractivity contribution in [2.24, 2.45) is 5.92 Å². The molecule has 0 atom stereocenters. The second-order valence-electron chi connectivity index (χ2n) is 4.77. The molecule has 19 heavy (non-hydrogen) atoms. The van der Waals surface area contributed by atoms with Crippen LogP contribution in [-0.4, -0.2) is 30.2 Å². The molecular weight excluding hydrogens is 254 g/mol. The summed E-state index contributed by atoms with van der Waals surface area (Å²) in [6.07, 6.45) is 1.24. The number of rotatable bonds is 5. The van der Waals surface area contributed by atoms with Gasteiger partial charge in [-0.2, -0.15) is 0 Å². The quantitative estimate of drug-likeness (QED) is 0.755. The minimum absolute atomic E-state index is 0.0135. The number of hydrogen-bond donors (Lipinski definition) is 3. The van der Waals surface area contributed by atoms with Crippen molar-refractivity contribution in [2.75, 3.05) is 18.4 Å². The number of carbonyl (C=O) groups excluding carboxylic acids is 1. The van der Waals surface area contributed by atoms with Gasteiger partial charge in [-0.15, -0.1) is 0 Å². The maximum atomic E-state index is 13.3. The SMILES string of the molecule is O=C(CNCC1CC(O)C1)Nc1c(F)cccc1F. The standard InChI is InChI=1S/C13H16F2N2O2/c14-10-2-1-3-11(15)13(10)17-12(19)7-16-6-8-4-9(18)5-8/h1-3,8-9,16,18H,4-7H2,(H,17,19). The largest absolute Gasteiger partial charge is 0.393 e. The summed E-state index contributed by atoms with van der Waals surface area (Å²) in [5, 5.41) is 14.2. The van der Waals surface area contributed by atoms with Gasteiger partial charge in [0.1, 0.15) is 17.3 Å². The molecule has 2 rings (SSSR count). The van der Waals surface area contributed by atoms with Crippen LogP contribution in [0.4, 0.5) is 14.5 Å². The predicted octanol–water partition coefficient (Wildman–Crippen LogP) is 1.26. The average molecular weight is 270 g/mol. The molecule has 0 bridgehead atoms. The Morgan fingerprint density at radius 2 is 1.95 bits per heavy atom. The number of hydrogen-bond acceptors (Lipinski definition) is 3. The second-order valence-corrected chi connectivity index (χ2v) is 4.77. The number of nitrogens with one attached hydrogen (secondary N) is 2. The van der Waals surface area contributed by atoms with Crippen LogP contribution in [0.3, 0.4) is 0 Å². The van der Waals surface area contributed by atoms with Gasteiger partial charge in [-0.25, -0.2) is 8.78 Å². The molecule has 6 heteroatoms. The average Bonchev–Trinajstić information content (AvgIpc) is 2.32. The molecule has 0 aliphatic heterocycles. The first-order chi connectivity index (χ1) is 9.06. The molecule has 1 aliphatic rings. The summed E-state index contributed by atoms with van der Waals surface area (Å²) in [6, 6.07) is 3.41. The minimum Gasteiger partial charge on any atom is -0.393 e. The number of aliphatic hydroxyl groups is 1. The Bertz CT molecular complexity index is 442. The maximum Gasteiger partial charge on any atom is 0.238 e. The maximum absolute atomic E-state index is 13.3. The van der Waals surface area contributed by atoms with Gasteiger partial charge in [0, 0.05) is 0 Å². The Morgan fingerprint density at radius 1 is 1.32 bits per heavy atom. The van der Waals surface area contributed by atoms with E-state index in [2.05, 4.69) is 10.6 Å². The number of halogens is 2. The van der Waals surface area contributed by atoms with E-state index in [0.717, 1.165) is 25.0 Å². The fourth-order valence-corrected chi connectivity index (χ4v) is 2.06. The summed E-state index contributed by atoms with van der Waals surface area (Å²) >= 11 is 0. The van der Waals surface area contributed by atoms with Crippen molar-refractivity contribution in [3.05, 3.63) is 29.8 Å². The highest BCUT2D eigenvalue weighted by molar-refractivity contribution is 5.92. The van der Waals surface area contributed by atoms with E-state index in [1.54, 1.807) is 0 Å². The van der Waals surface area contributed by atoms with E-state index in [-0.39, 0.29) is 12.6 Å². The number of aliphatic hydroxyl groups excluding tert-OH is 1. The molecule has 1 fully saturated rings. The molecule has 104 valence electrons. The van der Waals surface area contributed by atoms with Gasteiger partial charge in [-0.3, -0.25) is 4.79 Å². The highest BCUT2D eigenvalue weighted by atomic mass is 19.1. The topological polar surface area (TPSA) is 61.4 Å². The Hall–Kier alpha value is -1.53. The van der Waals surface area contributed by atoms with Gasteiger partial charge in [0.15, 0.2) is 0 Å². The van der Waals surface area contributed by atoms with E-state index < -0.39 is 23.2 Å². The van der Waals surface area contributed by atoms with Gasteiger partial charge in [0.2, 0.25) is 5.91 Å². The van der Waals surface area contributed by atoms with Gasteiger partial charge < -0.3 is 15.7 Å². The van der Waals surface area contributed by atoms with Gasteiger partial charge >= 0.3 is 0 Å². The zero-order valence-electron chi connectivity index (χ0n) is 10.3. The van der Waals surface area contributed by atoms with Crippen molar-refractivity contribution >= 4 is 11.6 Å². The smallest absolute Gasteiger partial charge is 0.238 e. The number of anilines is 1. The molecule has 0 heterocycles. The number of amides is 1. The molecule has 1 amide bonds. The zero-order valence-corrected chi connectivity index (χ0v) is 10.3. The van der Waals surface area contributed by atoms with Crippen LogP contribution in [0.5, 0.6) is 0 Å². The Balaban J connectivity index is 1.75. The van der Waals surface area contributed by atoms with Crippen LogP contribution in [0.1, 0.15) is 12.8 Å². The molecule has 0 unspecified atom stereocenters. The van der Waals surface area contributed by atoms with E-state index in [1.807, 2.05) is 0 Å². The van der Waals surface area contributed by atoms with Crippen molar-refractivity contribution in [2.45, 2.75) is 18.9 Å². The monoisotopic (exact) mass is 270 g/mol. The van der Waals surface area contributed by atoms with Crippen molar-refractivity contribution in [1.82, 2.24) is 5.32 Å². The Labute approximate surface area is 109 Å². The lowest BCUT2D eigenvalue weighted by atomic mass is 9.82. The van der Waals surface area contributed by atoms with Crippen LogP contribution < -0.4 is 10.6 Å². The lowest BCUT2D eigenvalue weighted by Gasteiger charge is -2.31. The summed E-state index contributed by atoms with van der Waals surface area (Å²) in [4.78, 5) is 11.5. The molecule has 1 aromatic rings. The number of para-hydroxylation sites is 1. The van der Waals surface area contributed by atoms with Crippen molar-refractivity contribution in [1.29, 1.82) is 0 Å². The van der Waals surface area contributed by atoms with Gasteiger partial charge in [0.05, 0.1) is 12.6 Å². The summed E-state index contributed by atoms with van der Waals surface area (Å²) in [5.74, 6) is -1.72. The third-order valence-electron chi connectivity index (χ3n) is 3.16. The third kappa shape index (κ3) is 3.71. The summed E-state index contributed by atoms with van der Waals surface area (Å²) in [5.41, 5.74) is -0.423. The van der Waals surface area contributed by atoms with Crippen LogP contribution >= 0.6 is 0 Å².